The Morgan fingerprint density at radius 2 is 1.70 bits per heavy atom. The minimum atomic E-state index is -0.136. The van der Waals surface area contributed by atoms with Crippen LogP contribution in [0.5, 0.6) is 0 Å². The molecule has 0 bridgehead atoms. The van der Waals surface area contributed by atoms with E-state index in [1.807, 2.05) is 23.6 Å². The van der Waals surface area contributed by atoms with Gasteiger partial charge in [0.1, 0.15) is 0 Å². The molecule has 0 aliphatic heterocycles. The maximum absolute atomic E-state index is 12.2. The molecule has 3 aromatic rings. The van der Waals surface area contributed by atoms with Crippen molar-refractivity contribution in [3.63, 3.8) is 0 Å². The van der Waals surface area contributed by atoms with E-state index >= 15 is 0 Å². The number of carbonyl (C=O) groups is 1. The Bertz CT molecular complexity index is 830. The van der Waals surface area contributed by atoms with E-state index in [1.165, 1.54) is 28.0 Å². The van der Waals surface area contributed by atoms with Gasteiger partial charge in [-0.05, 0) is 61.7 Å². The molecule has 3 nitrogen and oxygen atoms in total. The van der Waals surface area contributed by atoms with Crippen molar-refractivity contribution in [3.8, 4) is 11.3 Å². The summed E-state index contributed by atoms with van der Waals surface area (Å²) in [5.41, 5.74) is 6.42. The average molecular weight is 322 g/mol. The van der Waals surface area contributed by atoms with Crippen molar-refractivity contribution in [1.82, 2.24) is 4.98 Å². The van der Waals surface area contributed by atoms with Crippen LogP contribution in [-0.4, -0.2) is 10.9 Å². The van der Waals surface area contributed by atoms with Gasteiger partial charge in [-0.15, -0.1) is 11.3 Å². The van der Waals surface area contributed by atoms with Crippen molar-refractivity contribution in [2.75, 3.05) is 5.32 Å². The lowest BCUT2D eigenvalue weighted by Gasteiger charge is -2.07. The summed E-state index contributed by atoms with van der Waals surface area (Å²) >= 11 is 1.44. The molecule has 0 radical (unpaired) electrons. The molecule has 0 aliphatic rings. The van der Waals surface area contributed by atoms with Crippen LogP contribution in [0.4, 0.5) is 5.13 Å². The number of thiazole rings is 1. The SMILES string of the molecule is Cc1cc(-c2csc(NC(=O)c3ccccc3)n2)cc(C)c1C. The first-order valence-corrected chi connectivity index (χ1v) is 8.32. The number of hydrogen-bond acceptors (Lipinski definition) is 3. The predicted molar refractivity (Wildman–Crippen MR) is 96.2 cm³/mol. The van der Waals surface area contributed by atoms with Crippen LogP contribution < -0.4 is 5.32 Å². The highest BCUT2D eigenvalue weighted by Crippen LogP contribution is 2.28. The summed E-state index contributed by atoms with van der Waals surface area (Å²) in [7, 11) is 0. The Balaban J connectivity index is 1.82. The van der Waals surface area contributed by atoms with Crippen LogP contribution >= 0.6 is 11.3 Å². The largest absolute Gasteiger partial charge is 0.298 e. The Morgan fingerprint density at radius 1 is 1.04 bits per heavy atom. The number of aromatic nitrogens is 1. The van der Waals surface area contributed by atoms with Crippen LogP contribution in [-0.2, 0) is 0 Å². The topological polar surface area (TPSA) is 42.0 Å². The van der Waals surface area contributed by atoms with E-state index in [4.69, 9.17) is 0 Å². The number of benzene rings is 2. The van der Waals surface area contributed by atoms with Gasteiger partial charge in [0.05, 0.1) is 5.69 Å². The number of aryl methyl sites for hydroxylation is 2. The van der Waals surface area contributed by atoms with Gasteiger partial charge in [0.15, 0.2) is 5.13 Å². The zero-order valence-corrected chi connectivity index (χ0v) is 14.2. The quantitative estimate of drug-likeness (QED) is 0.738. The Morgan fingerprint density at radius 3 is 2.35 bits per heavy atom. The number of nitrogens with zero attached hydrogens (tertiary/aromatic N) is 1. The van der Waals surface area contributed by atoms with E-state index in [-0.39, 0.29) is 5.91 Å². The number of amides is 1. The fraction of sp³-hybridized carbons (Fsp3) is 0.158. The summed E-state index contributed by atoms with van der Waals surface area (Å²) in [4.78, 5) is 16.7. The summed E-state index contributed by atoms with van der Waals surface area (Å²) in [6.07, 6.45) is 0. The smallest absolute Gasteiger partial charge is 0.257 e. The molecule has 2 aromatic carbocycles. The summed E-state index contributed by atoms with van der Waals surface area (Å²) in [5, 5.41) is 5.45. The zero-order valence-electron chi connectivity index (χ0n) is 13.4. The normalized spacial score (nSPS) is 10.6. The van der Waals surface area contributed by atoms with E-state index in [0.29, 0.717) is 10.7 Å². The zero-order chi connectivity index (χ0) is 16.4. The number of rotatable bonds is 3. The molecule has 1 aromatic heterocycles. The van der Waals surface area contributed by atoms with Gasteiger partial charge in [-0.2, -0.15) is 0 Å². The molecule has 23 heavy (non-hydrogen) atoms. The van der Waals surface area contributed by atoms with Crippen molar-refractivity contribution in [1.29, 1.82) is 0 Å². The van der Waals surface area contributed by atoms with Crippen LogP contribution in [0, 0.1) is 20.8 Å². The molecule has 0 saturated heterocycles. The van der Waals surface area contributed by atoms with Crippen LogP contribution in [0.3, 0.4) is 0 Å². The van der Waals surface area contributed by atoms with Crippen LogP contribution in [0.1, 0.15) is 27.0 Å². The maximum Gasteiger partial charge on any atom is 0.257 e. The Hall–Kier alpha value is -2.46. The molecule has 1 amide bonds. The molecule has 1 heterocycles. The highest BCUT2D eigenvalue weighted by Gasteiger charge is 2.11. The Labute approximate surface area is 140 Å². The third-order valence-corrected chi connectivity index (χ3v) is 4.74. The van der Waals surface area contributed by atoms with Gasteiger partial charge in [0.25, 0.3) is 5.91 Å². The van der Waals surface area contributed by atoms with E-state index in [0.717, 1.165) is 11.3 Å². The Kier molecular flexibility index (Phi) is 4.26. The average Bonchev–Trinajstić information content (AvgIpc) is 3.01. The van der Waals surface area contributed by atoms with Gasteiger partial charge in [0.2, 0.25) is 0 Å². The molecule has 3 rings (SSSR count). The second kappa shape index (κ2) is 6.34. The van der Waals surface area contributed by atoms with Crippen LogP contribution in [0.15, 0.2) is 47.8 Å². The lowest BCUT2D eigenvalue weighted by Crippen LogP contribution is -2.11. The molecule has 116 valence electrons. The highest BCUT2D eigenvalue weighted by molar-refractivity contribution is 7.14. The third kappa shape index (κ3) is 3.32. The van der Waals surface area contributed by atoms with E-state index in [9.17, 15) is 4.79 Å². The molecular formula is C19H18N2OS. The second-order valence-electron chi connectivity index (χ2n) is 5.59. The summed E-state index contributed by atoms with van der Waals surface area (Å²) in [6.45, 7) is 6.34. The molecule has 1 N–H and O–H groups in total. The van der Waals surface area contributed by atoms with E-state index in [1.54, 1.807) is 12.1 Å². The van der Waals surface area contributed by atoms with Gasteiger partial charge in [0, 0.05) is 16.5 Å². The number of hydrogen-bond donors (Lipinski definition) is 1. The fourth-order valence-corrected chi connectivity index (χ4v) is 3.12. The molecule has 0 saturated carbocycles. The van der Waals surface area contributed by atoms with Crippen LogP contribution in [0.25, 0.3) is 11.3 Å². The second-order valence-corrected chi connectivity index (χ2v) is 6.45. The molecule has 0 aliphatic carbocycles. The molecule has 0 atom stereocenters. The lowest BCUT2D eigenvalue weighted by atomic mass is 9.99. The number of nitrogens with one attached hydrogen (secondary N) is 1. The van der Waals surface area contributed by atoms with Gasteiger partial charge < -0.3 is 0 Å². The standard InChI is InChI=1S/C19H18N2OS/c1-12-9-16(10-13(2)14(12)3)17-11-23-19(20-17)21-18(22)15-7-5-4-6-8-15/h4-11H,1-3H3,(H,20,21,22). The third-order valence-electron chi connectivity index (χ3n) is 3.98. The minimum absolute atomic E-state index is 0.136. The van der Waals surface area contributed by atoms with Crippen molar-refractivity contribution in [3.05, 3.63) is 70.1 Å². The summed E-state index contributed by atoms with van der Waals surface area (Å²) < 4.78 is 0. The van der Waals surface area contributed by atoms with Gasteiger partial charge in [-0.1, -0.05) is 18.2 Å². The van der Waals surface area contributed by atoms with Crippen molar-refractivity contribution < 1.29 is 4.79 Å². The number of anilines is 1. The maximum atomic E-state index is 12.2. The predicted octanol–water partition coefficient (Wildman–Crippen LogP) is 4.99. The van der Waals surface area contributed by atoms with Crippen molar-refractivity contribution in [2.45, 2.75) is 20.8 Å². The summed E-state index contributed by atoms with van der Waals surface area (Å²) in [5.74, 6) is -0.136. The fourth-order valence-electron chi connectivity index (χ4n) is 2.41. The van der Waals surface area contributed by atoms with Crippen LogP contribution in [0.2, 0.25) is 0 Å². The number of carbonyl (C=O) groups excluding carboxylic acids is 1. The molecule has 4 heteroatoms. The highest BCUT2D eigenvalue weighted by atomic mass is 32.1. The van der Waals surface area contributed by atoms with E-state index in [2.05, 4.69) is 43.2 Å². The molecule has 0 unspecified atom stereocenters. The summed E-state index contributed by atoms with van der Waals surface area (Å²) in [6, 6.07) is 13.4. The minimum Gasteiger partial charge on any atom is -0.298 e. The lowest BCUT2D eigenvalue weighted by molar-refractivity contribution is 0.102. The molecular weight excluding hydrogens is 304 g/mol. The van der Waals surface area contributed by atoms with Gasteiger partial charge in [-0.3, -0.25) is 10.1 Å². The monoisotopic (exact) mass is 322 g/mol. The van der Waals surface area contributed by atoms with Crippen molar-refractivity contribution in [2.24, 2.45) is 0 Å². The van der Waals surface area contributed by atoms with Gasteiger partial charge in [-0.25, -0.2) is 4.98 Å². The first-order valence-electron chi connectivity index (χ1n) is 7.45. The molecule has 0 spiro atoms. The first kappa shape index (κ1) is 15.4. The first-order chi connectivity index (χ1) is 11.0. The molecule has 0 fully saturated rings. The van der Waals surface area contributed by atoms with Gasteiger partial charge >= 0.3 is 0 Å². The van der Waals surface area contributed by atoms with Crippen molar-refractivity contribution >= 4 is 22.4 Å². The van der Waals surface area contributed by atoms with E-state index < -0.39 is 0 Å².